The molecule has 0 N–H and O–H groups in total. The first-order chi connectivity index (χ1) is 15.9. The van der Waals surface area contributed by atoms with Crippen molar-refractivity contribution in [2.75, 3.05) is 24.5 Å². The molecule has 0 bridgehead atoms. The molecule has 174 valence electrons. The van der Waals surface area contributed by atoms with Crippen molar-refractivity contribution in [3.8, 4) is 5.75 Å². The number of anilines is 1. The molecule has 0 unspecified atom stereocenters. The molecule has 0 saturated carbocycles. The zero-order chi connectivity index (χ0) is 23.4. The summed E-state index contributed by atoms with van der Waals surface area (Å²) in [7, 11) is -1.99. The van der Waals surface area contributed by atoms with E-state index in [1.165, 1.54) is 5.56 Å². The Morgan fingerprint density at radius 1 is 0.909 bits per heavy atom. The van der Waals surface area contributed by atoms with Crippen molar-refractivity contribution in [1.82, 2.24) is 4.90 Å². The quantitative estimate of drug-likeness (QED) is 0.484. The average Bonchev–Trinajstić information content (AvgIpc) is 2.82. The molecule has 3 aromatic rings. The van der Waals surface area contributed by atoms with E-state index in [4.69, 9.17) is 4.74 Å². The molecule has 1 saturated heterocycles. The molecule has 0 aromatic heterocycles. The maximum absolute atomic E-state index is 13.8. The number of rotatable bonds is 7. The summed E-state index contributed by atoms with van der Waals surface area (Å²) in [5.41, 5.74) is 4.09. The van der Waals surface area contributed by atoms with E-state index in [1.807, 2.05) is 62.4 Å². The predicted molar refractivity (Wildman–Crippen MR) is 133 cm³/mol. The molecule has 0 atom stereocenters. The molecule has 0 spiro atoms. The number of ether oxygens (including phenoxy) is 1. The molecule has 5 nitrogen and oxygen atoms in total. The molecule has 1 aliphatic heterocycles. The summed E-state index contributed by atoms with van der Waals surface area (Å²) in [5, 5.41) is 0. The molecule has 4 rings (SSSR count). The number of nitrogens with zero attached hydrogens (tertiary/aromatic N) is 2. The van der Waals surface area contributed by atoms with Crippen LogP contribution in [-0.4, -0.2) is 39.6 Å². The van der Waals surface area contributed by atoms with E-state index in [2.05, 4.69) is 17.0 Å². The number of hydrogen-bond acceptors (Lipinski definition) is 4. The van der Waals surface area contributed by atoms with Gasteiger partial charge >= 0.3 is 0 Å². The molecular weight excluding hydrogens is 432 g/mol. The van der Waals surface area contributed by atoms with E-state index in [0.717, 1.165) is 55.0 Å². The molecule has 1 fully saturated rings. The topological polar surface area (TPSA) is 49.9 Å². The van der Waals surface area contributed by atoms with Crippen molar-refractivity contribution in [3.63, 3.8) is 0 Å². The van der Waals surface area contributed by atoms with Gasteiger partial charge in [0.2, 0.25) is 0 Å². The first-order valence-electron chi connectivity index (χ1n) is 11.4. The second-order valence-corrected chi connectivity index (χ2v) is 10.6. The second kappa shape index (κ2) is 9.98. The highest BCUT2D eigenvalue weighted by Crippen LogP contribution is 2.31. The highest BCUT2D eigenvalue weighted by atomic mass is 32.2. The normalized spacial score (nSPS) is 15.4. The van der Waals surface area contributed by atoms with Crippen molar-refractivity contribution in [2.45, 2.75) is 44.2 Å². The van der Waals surface area contributed by atoms with Crippen LogP contribution in [0.1, 0.15) is 29.5 Å². The largest absolute Gasteiger partial charge is 0.497 e. The summed E-state index contributed by atoms with van der Waals surface area (Å²) < 4.78 is 34.5. The van der Waals surface area contributed by atoms with Crippen LogP contribution in [0.5, 0.6) is 5.75 Å². The number of aryl methyl sites for hydroxylation is 2. The Labute approximate surface area is 197 Å². The predicted octanol–water partition coefficient (Wildman–Crippen LogP) is 5.17. The number of methoxy groups -OCH3 is 1. The van der Waals surface area contributed by atoms with E-state index in [-0.39, 0.29) is 6.04 Å². The zero-order valence-electron chi connectivity index (χ0n) is 19.6. The van der Waals surface area contributed by atoms with Crippen LogP contribution < -0.4 is 9.04 Å². The molecule has 33 heavy (non-hydrogen) atoms. The first-order valence-corrected chi connectivity index (χ1v) is 12.8. The number of sulfonamides is 1. The Hall–Kier alpha value is -2.83. The SMILES string of the molecule is COc1cccc(CN2CCC(N(c3ccc(C)cc3)S(=O)(=O)c3ccc(C)cc3)CC2)c1. The Morgan fingerprint density at radius 2 is 1.52 bits per heavy atom. The number of hydrogen-bond donors (Lipinski definition) is 0. The van der Waals surface area contributed by atoms with Crippen molar-refractivity contribution in [1.29, 1.82) is 0 Å². The van der Waals surface area contributed by atoms with Crippen LogP contribution in [0.2, 0.25) is 0 Å². The molecule has 0 radical (unpaired) electrons. The van der Waals surface area contributed by atoms with Gasteiger partial charge in [-0.05, 0) is 68.7 Å². The minimum Gasteiger partial charge on any atom is -0.497 e. The zero-order valence-corrected chi connectivity index (χ0v) is 20.4. The Bertz CT molecular complexity index is 1170. The minimum atomic E-state index is -3.67. The van der Waals surface area contributed by atoms with Crippen molar-refractivity contribution >= 4 is 15.7 Å². The van der Waals surface area contributed by atoms with Crippen LogP contribution >= 0.6 is 0 Å². The van der Waals surface area contributed by atoms with E-state index in [0.29, 0.717) is 4.90 Å². The summed E-state index contributed by atoms with van der Waals surface area (Å²) in [6, 6.07) is 23.0. The summed E-state index contributed by atoms with van der Waals surface area (Å²) in [6.45, 7) is 6.49. The Balaban J connectivity index is 1.55. The smallest absolute Gasteiger partial charge is 0.264 e. The molecule has 0 amide bonds. The second-order valence-electron chi connectivity index (χ2n) is 8.81. The van der Waals surface area contributed by atoms with Gasteiger partial charge in [-0.3, -0.25) is 9.21 Å². The van der Waals surface area contributed by atoms with Crippen LogP contribution in [-0.2, 0) is 16.6 Å². The van der Waals surface area contributed by atoms with E-state index >= 15 is 0 Å². The highest BCUT2D eigenvalue weighted by Gasteiger charge is 2.34. The number of benzene rings is 3. The minimum absolute atomic E-state index is 0.0828. The van der Waals surface area contributed by atoms with Crippen molar-refractivity contribution < 1.29 is 13.2 Å². The van der Waals surface area contributed by atoms with Crippen LogP contribution in [0.3, 0.4) is 0 Å². The molecular formula is C27H32N2O3S. The third-order valence-electron chi connectivity index (χ3n) is 6.30. The third kappa shape index (κ3) is 5.40. The molecule has 1 aliphatic rings. The summed E-state index contributed by atoms with van der Waals surface area (Å²) in [4.78, 5) is 2.73. The van der Waals surface area contributed by atoms with Crippen molar-refractivity contribution in [2.24, 2.45) is 0 Å². The summed E-state index contributed by atoms with van der Waals surface area (Å²) in [6.07, 6.45) is 1.56. The lowest BCUT2D eigenvalue weighted by Crippen LogP contribution is -2.47. The van der Waals surface area contributed by atoms with Crippen molar-refractivity contribution in [3.05, 3.63) is 89.5 Å². The van der Waals surface area contributed by atoms with E-state index in [1.54, 1.807) is 23.5 Å². The third-order valence-corrected chi connectivity index (χ3v) is 8.19. The number of likely N-dealkylation sites (tertiary alicyclic amines) is 1. The maximum Gasteiger partial charge on any atom is 0.264 e. The fourth-order valence-corrected chi connectivity index (χ4v) is 6.11. The van der Waals surface area contributed by atoms with Gasteiger partial charge in [0.25, 0.3) is 10.0 Å². The Kier molecular flexibility index (Phi) is 7.05. The van der Waals surface area contributed by atoms with Gasteiger partial charge in [-0.25, -0.2) is 8.42 Å². The van der Waals surface area contributed by atoms with Gasteiger partial charge in [-0.2, -0.15) is 0 Å². The van der Waals surface area contributed by atoms with Gasteiger partial charge in [0.05, 0.1) is 17.7 Å². The monoisotopic (exact) mass is 464 g/mol. The highest BCUT2D eigenvalue weighted by molar-refractivity contribution is 7.92. The number of piperidine rings is 1. The van der Waals surface area contributed by atoms with E-state index in [9.17, 15) is 8.42 Å². The standard InChI is InChI=1S/C27H32N2O3S/c1-21-7-11-24(12-8-21)29(33(30,31)27-13-9-22(2)10-14-27)25-15-17-28(18-16-25)20-23-5-4-6-26(19-23)32-3/h4-14,19,25H,15-18,20H2,1-3H3. The Morgan fingerprint density at radius 3 is 2.12 bits per heavy atom. The molecule has 1 heterocycles. The fourth-order valence-electron chi connectivity index (χ4n) is 4.40. The van der Waals surface area contributed by atoms with Crippen LogP contribution in [0.4, 0.5) is 5.69 Å². The lowest BCUT2D eigenvalue weighted by Gasteiger charge is -2.39. The van der Waals surface area contributed by atoms with Crippen LogP contribution in [0.25, 0.3) is 0 Å². The van der Waals surface area contributed by atoms with Gasteiger partial charge in [-0.1, -0.05) is 47.5 Å². The van der Waals surface area contributed by atoms with Gasteiger partial charge in [0.1, 0.15) is 5.75 Å². The first kappa shape index (κ1) is 23.3. The lowest BCUT2D eigenvalue weighted by molar-refractivity contribution is 0.206. The van der Waals surface area contributed by atoms with Crippen LogP contribution in [0, 0.1) is 13.8 Å². The molecule has 0 aliphatic carbocycles. The maximum atomic E-state index is 13.8. The molecule has 3 aromatic carbocycles. The van der Waals surface area contributed by atoms with Gasteiger partial charge < -0.3 is 4.74 Å². The summed E-state index contributed by atoms with van der Waals surface area (Å²) >= 11 is 0. The van der Waals surface area contributed by atoms with Gasteiger partial charge in [0.15, 0.2) is 0 Å². The van der Waals surface area contributed by atoms with Gasteiger partial charge in [-0.15, -0.1) is 0 Å². The van der Waals surface area contributed by atoms with E-state index < -0.39 is 10.0 Å². The summed E-state index contributed by atoms with van der Waals surface area (Å²) in [5.74, 6) is 0.858. The average molecular weight is 465 g/mol. The molecule has 6 heteroatoms. The lowest BCUT2D eigenvalue weighted by atomic mass is 10.0. The van der Waals surface area contributed by atoms with Crippen LogP contribution in [0.15, 0.2) is 77.7 Å². The van der Waals surface area contributed by atoms with Gasteiger partial charge in [0, 0.05) is 25.7 Å². The fraction of sp³-hybridized carbons (Fsp3) is 0.333.